The number of rotatable bonds is 1. The number of likely N-dealkylation sites (tertiary alicyclic amines) is 1. The molecule has 1 aliphatic carbocycles. The quantitative estimate of drug-likeness (QED) is 0.775. The molecule has 0 spiro atoms. The van der Waals surface area contributed by atoms with Crippen LogP contribution in [-0.2, 0) is 0 Å². The molecule has 3 N–H and O–H groups in total. The molecule has 0 radical (unpaired) electrons. The molecule has 3 atom stereocenters. The normalized spacial score (nSPS) is 29.6. The average molecular weight is 325 g/mol. The maximum Gasteiger partial charge on any atom is 0.255 e. The third-order valence-electron chi connectivity index (χ3n) is 4.37. The first-order chi connectivity index (χ1) is 9.08. The van der Waals surface area contributed by atoms with E-state index in [9.17, 15) is 9.90 Å². The number of nitrogen functional groups attached to an aromatic ring is 1. The number of anilines is 1. The molecule has 1 saturated heterocycles. The number of hydrogen-bond donors (Lipinski definition) is 2. The third kappa shape index (κ3) is 2.15. The Morgan fingerprint density at radius 2 is 2.16 bits per heavy atom. The Morgan fingerprint density at radius 3 is 2.89 bits per heavy atom. The van der Waals surface area contributed by atoms with Crippen LogP contribution >= 0.6 is 15.9 Å². The zero-order valence-corrected chi connectivity index (χ0v) is 12.1. The van der Waals surface area contributed by atoms with Gasteiger partial charge in [0.05, 0.1) is 16.1 Å². The summed E-state index contributed by atoms with van der Waals surface area (Å²) in [5.41, 5.74) is 6.99. The average Bonchev–Trinajstić information content (AvgIpc) is 2.95. The van der Waals surface area contributed by atoms with Gasteiger partial charge >= 0.3 is 0 Å². The fourth-order valence-electron chi connectivity index (χ4n) is 3.29. The highest BCUT2D eigenvalue weighted by atomic mass is 79.9. The number of carbonyl (C=O) groups excluding carboxylic acids is 1. The van der Waals surface area contributed by atoms with Crippen LogP contribution in [0.3, 0.4) is 0 Å². The highest BCUT2D eigenvalue weighted by Gasteiger charge is 2.43. The van der Waals surface area contributed by atoms with Crippen LogP contribution in [0.5, 0.6) is 0 Å². The molecule has 1 heterocycles. The molecule has 0 bridgehead atoms. The number of aliphatic hydroxyl groups excluding tert-OH is 1. The number of amides is 1. The molecular formula is C14H17BrN2O2. The Labute approximate surface area is 120 Å². The van der Waals surface area contributed by atoms with Gasteiger partial charge in [0.25, 0.3) is 5.91 Å². The Hall–Kier alpha value is -1.07. The van der Waals surface area contributed by atoms with Crippen molar-refractivity contribution in [3.05, 3.63) is 28.2 Å². The predicted molar refractivity (Wildman–Crippen MR) is 76.7 cm³/mol. The minimum absolute atomic E-state index is 0.000718. The molecule has 19 heavy (non-hydrogen) atoms. The van der Waals surface area contributed by atoms with E-state index in [4.69, 9.17) is 5.73 Å². The van der Waals surface area contributed by atoms with Gasteiger partial charge in [0, 0.05) is 24.7 Å². The monoisotopic (exact) mass is 324 g/mol. The first-order valence-electron chi connectivity index (χ1n) is 6.59. The van der Waals surface area contributed by atoms with Crippen molar-refractivity contribution < 1.29 is 9.90 Å². The lowest BCUT2D eigenvalue weighted by molar-refractivity contribution is 0.0751. The van der Waals surface area contributed by atoms with E-state index in [0.717, 1.165) is 19.4 Å². The van der Waals surface area contributed by atoms with E-state index in [0.29, 0.717) is 28.2 Å². The number of aliphatic hydroxyl groups is 1. The van der Waals surface area contributed by atoms with Crippen molar-refractivity contribution in [1.29, 1.82) is 0 Å². The number of hydrogen-bond acceptors (Lipinski definition) is 3. The molecule has 4 nitrogen and oxygen atoms in total. The van der Waals surface area contributed by atoms with Gasteiger partial charge in [0.1, 0.15) is 0 Å². The van der Waals surface area contributed by atoms with Crippen molar-refractivity contribution in [3.8, 4) is 0 Å². The molecule has 2 fully saturated rings. The van der Waals surface area contributed by atoms with Gasteiger partial charge in [-0.1, -0.05) is 6.07 Å². The molecule has 5 heteroatoms. The second kappa shape index (κ2) is 4.80. The summed E-state index contributed by atoms with van der Waals surface area (Å²) in [7, 11) is 0. The van der Waals surface area contributed by atoms with Gasteiger partial charge in [-0.15, -0.1) is 0 Å². The van der Waals surface area contributed by atoms with E-state index in [2.05, 4.69) is 15.9 Å². The number of benzene rings is 1. The predicted octanol–water partition coefficient (Wildman–Crippen LogP) is 1.87. The summed E-state index contributed by atoms with van der Waals surface area (Å²) >= 11 is 3.38. The van der Waals surface area contributed by atoms with Crippen LogP contribution in [0.1, 0.15) is 23.2 Å². The van der Waals surface area contributed by atoms with E-state index >= 15 is 0 Å². The van der Waals surface area contributed by atoms with Crippen molar-refractivity contribution >= 4 is 27.5 Å². The van der Waals surface area contributed by atoms with E-state index in [1.54, 1.807) is 18.2 Å². The van der Waals surface area contributed by atoms with Crippen LogP contribution in [0.15, 0.2) is 22.7 Å². The van der Waals surface area contributed by atoms with E-state index in [1.807, 2.05) is 4.90 Å². The van der Waals surface area contributed by atoms with Crippen molar-refractivity contribution in [1.82, 2.24) is 4.90 Å². The molecule has 1 aromatic rings. The van der Waals surface area contributed by atoms with Crippen LogP contribution in [-0.4, -0.2) is 35.1 Å². The second-order valence-electron chi connectivity index (χ2n) is 5.49. The first kappa shape index (κ1) is 12.9. The molecule has 1 saturated carbocycles. The number of halogens is 1. The van der Waals surface area contributed by atoms with Gasteiger partial charge < -0.3 is 15.7 Å². The second-order valence-corrected chi connectivity index (χ2v) is 6.28. The zero-order chi connectivity index (χ0) is 13.6. The summed E-state index contributed by atoms with van der Waals surface area (Å²) in [6.07, 6.45) is 1.65. The van der Waals surface area contributed by atoms with Crippen LogP contribution in [0, 0.1) is 11.8 Å². The summed E-state index contributed by atoms with van der Waals surface area (Å²) in [6, 6.07) is 5.34. The topological polar surface area (TPSA) is 66.6 Å². The van der Waals surface area contributed by atoms with E-state index < -0.39 is 0 Å². The maximum atomic E-state index is 12.5. The zero-order valence-electron chi connectivity index (χ0n) is 10.6. The van der Waals surface area contributed by atoms with Gasteiger partial charge in [0.2, 0.25) is 0 Å². The van der Waals surface area contributed by atoms with Crippen molar-refractivity contribution in [2.24, 2.45) is 11.8 Å². The fourth-order valence-corrected chi connectivity index (χ4v) is 3.72. The van der Waals surface area contributed by atoms with Crippen molar-refractivity contribution in [2.45, 2.75) is 18.9 Å². The van der Waals surface area contributed by atoms with Crippen LogP contribution in [0.25, 0.3) is 0 Å². The summed E-state index contributed by atoms with van der Waals surface area (Å²) in [5.74, 6) is 0.711. The van der Waals surface area contributed by atoms with Gasteiger partial charge in [-0.2, -0.15) is 0 Å². The van der Waals surface area contributed by atoms with E-state index in [-0.39, 0.29) is 17.9 Å². The number of nitrogens with zero attached hydrogens (tertiary/aromatic N) is 1. The molecule has 1 aromatic carbocycles. The highest BCUT2D eigenvalue weighted by Crippen LogP contribution is 2.39. The third-order valence-corrected chi connectivity index (χ3v) is 5.25. The number of nitrogens with two attached hydrogens (primary N) is 1. The van der Waals surface area contributed by atoms with E-state index in [1.165, 1.54) is 0 Å². The molecule has 1 amide bonds. The minimum Gasteiger partial charge on any atom is -0.398 e. The smallest absolute Gasteiger partial charge is 0.255 e. The van der Waals surface area contributed by atoms with Crippen molar-refractivity contribution in [3.63, 3.8) is 0 Å². The lowest BCUT2D eigenvalue weighted by atomic mass is 10.00. The van der Waals surface area contributed by atoms with Crippen LogP contribution in [0.4, 0.5) is 5.69 Å². The van der Waals surface area contributed by atoms with Crippen molar-refractivity contribution in [2.75, 3.05) is 18.8 Å². The summed E-state index contributed by atoms with van der Waals surface area (Å²) < 4.78 is 0.664. The molecule has 2 aliphatic rings. The Morgan fingerprint density at radius 1 is 1.37 bits per heavy atom. The largest absolute Gasteiger partial charge is 0.398 e. The Bertz CT molecular complexity index is 520. The standard InChI is InChI=1S/C14H17BrN2O2/c15-13-9(2-1-3-11(13)16)14(19)17-6-8-4-5-12(18)10(8)7-17/h1-3,8,10,12,18H,4-7,16H2. The van der Waals surface area contributed by atoms with Crippen LogP contribution in [0.2, 0.25) is 0 Å². The molecule has 0 aromatic heterocycles. The summed E-state index contributed by atoms with van der Waals surface area (Å²) in [5, 5.41) is 9.90. The molecule has 102 valence electrons. The maximum absolute atomic E-state index is 12.5. The van der Waals surface area contributed by atoms with Crippen LogP contribution < -0.4 is 5.73 Å². The van der Waals surface area contributed by atoms with Gasteiger partial charge in [0.15, 0.2) is 0 Å². The fraction of sp³-hybridized carbons (Fsp3) is 0.500. The molecular weight excluding hydrogens is 308 g/mol. The summed E-state index contributed by atoms with van der Waals surface area (Å²) in [6.45, 7) is 1.41. The summed E-state index contributed by atoms with van der Waals surface area (Å²) in [4.78, 5) is 14.4. The highest BCUT2D eigenvalue weighted by molar-refractivity contribution is 9.10. The van der Waals surface area contributed by atoms with Gasteiger partial charge in [-0.05, 0) is 46.8 Å². The van der Waals surface area contributed by atoms with Gasteiger partial charge in [-0.25, -0.2) is 0 Å². The minimum atomic E-state index is -0.243. The number of fused-ring (bicyclic) bond motifs is 1. The number of carbonyl (C=O) groups is 1. The van der Waals surface area contributed by atoms with Gasteiger partial charge in [-0.3, -0.25) is 4.79 Å². The lowest BCUT2D eigenvalue weighted by Gasteiger charge is -2.19. The lowest BCUT2D eigenvalue weighted by Crippen LogP contribution is -2.31. The first-order valence-corrected chi connectivity index (χ1v) is 7.38. The molecule has 1 aliphatic heterocycles. The molecule has 3 rings (SSSR count). The Kier molecular flexibility index (Phi) is 3.27. The Balaban J connectivity index is 1.81. The SMILES string of the molecule is Nc1cccc(C(=O)N2CC3CCC(O)C3C2)c1Br. The molecule has 3 unspecified atom stereocenters.